The van der Waals surface area contributed by atoms with E-state index >= 15 is 0 Å². The average Bonchev–Trinajstić information content (AvgIpc) is 2.78. The largest absolute Gasteiger partial charge is 0.352 e. The van der Waals surface area contributed by atoms with Gasteiger partial charge in [0.05, 0.1) is 6.54 Å². The fraction of sp³-hybridized carbons (Fsp3) is 0.312. The Labute approximate surface area is 134 Å². The molecule has 2 aromatic rings. The van der Waals surface area contributed by atoms with Gasteiger partial charge in [-0.2, -0.15) is 0 Å². The van der Waals surface area contributed by atoms with Crippen LogP contribution in [-0.4, -0.2) is 29.5 Å². The molecule has 0 atom stereocenters. The first-order valence-electron chi connectivity index (χ1n) is 6.86. The third kappa shape index (κ3) is 4.36. The van der Waals surface area contributed by atoms with E-state index in [1.165, 1.54) is 11.3 Å². The molecular formula is C16H21BrN4. The van der Waals surface area contributed by atoms with Crippen LogP contribution in [0.2, 0.25) is 0 Å². The van der Waals surface area contributed by atoms with Gasteiger partial charge in [-0.1, -0.05) is 30.3 Å². The summed E-state index contributed by atoms with van der Waals surface area (Å²) in [6, 6.07) is 12.5. The van der Waals surface area contributed by atoms with Crippen LogP contribution in [-0.2, 0) is 20.1 Å². The Morgan fingerprint density at radius 2 is 2.05 bits per heavy atom. The Balaban J connectivity index is 1.96. The molecule has 0 fully saturated rings. The number of guanidine groups is 1. The minimum Gasteiger partial charge on any atom is -0.352 e. The Hall–Kier alpha value is -1.75. The molecule has 1 N–H and O–H groups in total. The standard InChI is InChI=1S/C16H21BrN4/c1-18-16(19-10-13-7-5-4-6-8-13)21(3)12-15-9-14(17)11-20(15)2/h4-9,11H,10,12H2,1-3H3,(H,18,19). The molecule has 0 spiro atoms. The van der Waals surface area contributed by atoms with Gasteiger partial charge in [0.2, 0.25) is 0 Å². The van der Waals surface area contributed by atoms with Crippen molar-refractivity contribution in [3.05, 3.63) is 58.3 Å². The van der Waals surface area contributed by atoms with Gasteiger partial charge < -0.3 is 14.8 Å². The second-order valence-corrected chi connectivity index (χ2v) is 5.92. The minimum absolute atomic E-state index is 0.773. The molecule has 0 saturated carbocycles. The molecule has 2 rings (SSSR count). The monoisotopic (exact) mass is 348 g/mol. The van der Waals surface area contributed by atoms with Crippen molar-refractivity contribution in [2.45, 2.75) is 13.1 Å². The first-order valence-corrected chi connectivity index (χ1v) is 7.66. The van der Waals surface area contributed by atoms with Gasteiger partial charge in [-0.25, -0.2) is 0 Å². The maximum Gasteiger partial charge on any atom is 0.194 e. The molecule has 112 valence electrons. The van der Waals surface area contributed by atoms with Crippen LogP contribution in [0.25, 0.3) is 0 Å². The van der Waals surface area contributed by atoms with Gasteiger partial charge in [-0.15, -0.1) is 0 Å². The molecule has 0 amide bonds. The highest BCUT2D eigenvalue weighted by molar-refractivity contribution is 9.10. The Kier molecular flexibility index (Phi) is 5.44. The molecule has 5 heteroatoms. The summed E-state index contributed by atoms with van der Waals surface area (Å²) in [4.78, 5) is 6.46. The van der Waals surface area contributed by atoms with Crippen molar-refractivity contribution in [1.82, 2.24) is 14.8 Å². The molecule has 0 radical (unpaired) electrons. The Morgan fingerprint density at radius 3 is 2.62 bits per heavy atom. The summed E-state index contributed by atoms with van der Waals surface area (Å²) in [7, 11) is 5.90. The van der Waals surface area contributed by atoms with Gasteiger partial charge in [0.25, 0.3) is 0 Å². The van der Waals surface area contributed by atoms with Crippen LogP contribution in [0.4, 0.5) is 0 Å². The molecule has 4 nitrogen and oxygen atoms in total. The van der Waals surface area contributed by atoms with Crippen LogP contribution >= 0.6 is 15.9 Å². The number of nitrogens with zero attached hydrogens (tertiary/aromatic N) is 3. The number of rotatable bonds is 4. The molecule has 21 heavy (non-hydrogen) atoms. The second kappa shape index (κ2) is 7.31. The van der Waals surface area contributed by atoms with E-state index in [0.29, 0.717) is 0 Å². The Bertz CT molecular complexity index is 604. The predicted molar refractivity (Wildman–Crippen MR) is 91.2 cm³/mol. The topological polar surface area (TPSA) is 32.6 Å². The van der Waals surface area contributed by atoms with Crippen molar-refractivity contribution >= 4 is 21.9 Å². The number of aryl methyl sites for hydroxylation is 1. The fourth-order valence-electron chi connectivity index (χ4n) is 2.20. The zero-order valence-corrected chi connectivity index (χ0v) is 14.3. The number of nitrogens with one attached hydrogen (secondary N) is 1. The van der Waals surface area contributed by atoms with E-state index in [9.17, 15) is 0 Å². The molecule has 0 saturated heterocycles. The normalized spacial score (nSPS) is 11.5. The van der Waals surface area contributed by atoms with E-state index < -0.39 is 0 Å². The highest BCUT2D eigenvalue weighted by atomic mass is 79.9. The summed E-state index contributed by atoms with van der Waals surface area (Å²) >= 11 is 3.50. The lowest BCUT2D eigenvalue weighted by Gasteiger charge is -2.22. The van der Waals surface area contributed by atoms with Crippen LogP contribution in [0.5, 0.6) is 0 Å². The van der Waals surface area contributed by atoms with Crippen molar-refractivity contribution < 1.29 is 0 Å². The number of benzene rings is 1. The minimum atomic E-state index is 0.773. The van der Waals surface area contributed by atoms with E-state index in [1.54, 1.807) is 0 Å². The number of aliphatic imine (C=N–C) groups is 1. The van der Waals surface area contributed by atoms with Crippen LogP contribution in [0.15, 0.2) is 52.1 Å². The first-order chi connectivity index (χ1) is 10.1. The van der Waals surface area contributed by atoms with Gasteiger partial charge in [-0.3, -0.25) is 4.99 Å². The van der Waals surface area contributed by atoms with Crippen molar-refractivity contribution in [2.24, 2.45) is 12.0 Å². The quantitative estimate of drug-likeness (QED) is 0.680. The first kappa shape index (κ1) is 15.6. The number of halogens is 1. The third-order valence-corrected chi connectivity index (χ3v) is 3.77. The summed E-state index contributed by atoms with van der Waals surface area (Å²) in [6.45, 7) is 1.57. The molecule has 0 aliphatic carbocycles. The number of hydrogen-bond donors (Lipinski definition) is 1. The average molecular weight is 349 g/mol. The van der Waals surface area contributed by atoms with Gasteiger partial charge >= 0.3 is 0 Å². The SMILES string of the molecule is CN=C(NCc1ccccc1)N(C)Cc1cc(Br)cn1C. The predicted octanol–water partition coefficient (Wildman–Crippen LogP) is 3.00. The fourth-order valence-corrected chi connectivity index (χ4v) is 2.77. The summed E-state index contributed by atoms with van der Waals surface area (Å²) in [5.74, 6) is 0.885. The molecule has 0 unspecified atom stereocenters. The molecule has 1 heterocycles. The molecule has 1 aromatic carbocycles. The lowest BCUT2D eigenvalue weighted by Crippen LogP contribution is -2.38. The van der Waals surface area contributed by atoms with Crippen LogP contribution in [0.3, 0.4) is 0 Å². The van der Waals surface area contributed by atoms with E-state index in [0.717, 1.165) is 23.5 Å². The third-order valence-electron chi connectivity index (χ3n) is 3.34. The molecule has 0 bridgehead atoms. The van der Waals surface area contributed by atoms with Gasteiger partial charge in [-0.05, 0) is 27.6 Å². The van der Waals surface area contributed by atoms with E-state index in [1.807, 2.05) is 39.3 Å². The van der Waals surface area contributed by atoms with Gasteiger partial charge in [0.1, 0.15) is 0 Å². The van der Waals surface area contributed by atoms with Crippen molar-refractivity contribution in [3.8, 4) is 0 Å². The number of aromatic nitrogens is 1. The lowest BCUT2D eigenvalue weighted by atomic mass is 10.2. The maximum absolute atomic E-state index is 4.35. The molecule has 0 aliphatic heterocycles. The zero-order valence-electron chi connectivity index (χ0n) is 12.7. The van der Waals surface area contributed by atoms with Crippen molar-refractivity contribution in [1.29, 1.82) is 0 Å². The van der Waals surface area contributed by atoms with Crippen LogP contribution in [0.1, 0.15) is 11.3 Å². The van der Waals surface area contributed by atoms with Gasteiger partial charge in [0.15, 0.2) is 5.96 Å². The van der Waals surface area contributed by atoms with E-state index in [-0.39, 0.29) is 0 Å². The van der Waals surface area contributed by atoms with Gasteiger partial charge in [0, 0.05) is 44.1 Å². The highest BCUT2D eigenvalue weighted by Crippen LogP contribution is 2.15. The zero-order chi connectivity index (χ0) is 15.2. The summed E-state index contributed by atoms with van der Waals surface area (Å²) in [5.41, 5.74) is 2.47. The maximum atomic E-state index is 4.35. The summed E-state index contributed by atoms with van der Waals surface area (Å²) in [6.07, 6.45) is 2.06. The van der Waals surface area contributed by atoms with Crippen molar-refractivity contribution in [3.63, 3.8) is 0 Å². The summed E-state index contributed by atoms with van der Waals surface area (Å²) in [5, 5.41) is 3.39. The van der Waals surface area contributed by atoms with Crippen LogP contribution in [0, 0.1) is 0 Å². The lowest BCUT2D eigenvalue weighted by molar-refractivity contribution is 0.461. The molecule has 1 aromatic heterocycles. The summed E-state index contributed by atoms with van der Waals surface area (Å²) < 4.78 is 3.21. The molecular weight excluding hydrogens is 328 g/mol. The second-order valence-electron chi connectivity index (χ2n) is 5.00. The van der Waals surface area contributed by atoms with E-state index in [4.69, 9.17) is 0 Å². The smallest absolute Gasteiger partial charge is 0.194 e. The van der Waals surface area contributed by atoms with Crippen LogP contribution < -0.4 is 5.32 Å². The molecule has 0 aliphatic rings. The van der Waals surface area contributed by atoms with E-state index in [2.05, 4.69) is 60.1 Å². The van der Waals surface area contributed by atoms with Crippen molar-refractivity contribution in [2.75, 3.05) is 14.1 Å². The Morgan fingerprint density at radius 1 is 1.33 bits per heavy atom. The number of hydrogen-bond acceptors (Lipinski definition) is 1. The highest BCUT2D eigenvalue weighted by Gasteiger charge is 2.09.